The van der Waals surface area contributed by atoms with Crippen LogP contribution in [0.3, 0.4) is 0 Å². The average Bonchev–Trinajstić information content (AvgIpc) is 3.26. The van der Waals surface area contributed by atoms with Crippen LogP contribution >= 0.6 is 0 Å². The number of aliphatic hydroxyl groups excluding tert-OH is 2. The van der Waals surface area contributed by atoms with Crippen molar-refractivity contribution in [2.24, 2.45) is 0 Å². The van der Waals surface area contributed by atoms with Gasteiger partial charge in [-0.3, -0.25) is 13.9 Å². The molecule has 0 bridgehead atoms. The van der Waals surface area contributed by atoms with Crippen molar-refractivity contribution in [2.45, 2.75) is 224 Å². The number of allylic oxidation sites excluding steroid dienone is 1. The van der Waals surface area contributed by atoms with Gasteiger partial charge in [-0.25, -0.2) is 13.2 Å². The van der Waals surface area contributed by atoms with Gasteiger partial charge in [-0.15, -0.1) is 0 Å². The van der Waals surface area contributed by atoms with Gasteiger partial charge in [-0.05, 0) is 37.5 Å². The van der Waals surface area contributed by atoms with Crippen LogP contribution in [-0.4, -0.2) is 104 Å². The molecule has 0 unspecified atom stereocenters. The lowest BCUT2D eigenvalue weighted by Crippen LogP contribution is -2.62. The molecule has 1 aromatic carbocycles. The van der Waals surface area contributed by atoms with Gasteiger partial charge in [0.05, 0.1) is 24.8 Å². The van der Waals surface area contributed by atoms with Crippen molar-refractivity contribution < 1.29 is 68.3 Å². The molecule has 18 heteroatoms. The highest BCUT2D eigenvalue weighted by Crippen LogP contribution is 2.29. The summed E-state index contributed by atoms with van der Waals surface area (Å²) in [6, 6.07) is 7.03. The fraction of sp³-hybridized carbons (Fsp3) is 0.787. The van der Waals surface area contributed by atoms with E-state index in [0.717, 1.165) is 51.4 Å². The molecule has 5 N–H and O–H groups in total. The Kier molecular flexibility index (Phi) is 31.3. The minimum absolute atomic E-state index is 0.132. The van der Waals surface area contributed by atoms with Crippen LogP contribution in [0.5, 0.6) is 0 Å². The van der Waals surface area contributed by atoms with Gasteiger partial charge in [0, 0.05) is 6.42 Å². The summed E-state index contributed by atoms with van der Waals surface area (Å²) in [6.07, 6.45) is 20.3. The molecule has 0 saturated carbocycles. The summed E-state index contributed by atoms with van der Waals surface area (Å²) in [7, 11) is -10.8. The van der Waals surface area contributed by atoms with Gasteiger partial charge < -0.3 is 29.7 Å². The lowest BCUT2D eigenvalue weighted by molar-refractivity contribution is -0.293. The van der Waals surface area contributed by atoms with E-state index in [1.807, 2.05) is 6.08 Å². The number of rotatable bonds is 39. The number of aliphatic hydroxyl groups is 2. The van der Waals surface area contributed by atoms with E-state index in [0.29, 0.717) is 12.8 Å². The van der Waals surface area contributed by atoms with Crippen molar-refractivity contribution in [2.75, 3.05) is 13.2 Å². The first-order valence-corrected chi connectivity index (χ1v) is 27.0. The van der Waals surface area contributed by atoms with Crippen LogP contribution in [-0.2, 0) is 48.2 Å². The molecule has 1 aliphatic rings. The van der Waals surface area contributed by atoms with Crippen LogP contribution in [0.15, 0.2) is 42.5 Å². The van der Waals surface area contributed by atoms with Gasteiger partial charge in [0.1, 0.15) is 24.4 Å². The van der Waals surface area contributed by atoms with E-state index in [-0.39, 0.29) is 12.0 Å². The summed E-state index contributed by atoms with van der Waals surface area (Å²) in [5.41, 5.74) is 0.233. The number of carbonyl (C=O) groups is 2. The number of hydrogen-bond acceptors (Lipinski definition) is 13. The molecule has 1 saturated heterocycles. The summed E-state index contributed by atoms with van der Waals surface area (Å²) >= 11 is 0. The molecule has 0 aliphatic carbocycles. The highest BCUT2D eigenvalue weighted by Gasteiger charge is 2.51. The number of hydrogen-bond donors (Lipinski definition) is 5. The summed E-state index contributed by atoms with van der Waals surface area (Å²) in [5.74, 6) is -1.11. The first-order chi connectivity index (χ1) is 31.2. The predicted molar refractivity (Wildman–Crippen MR) is 249 cm³/mol. The standard InChI is InChI=1S/C47H81NO15S2/c1-3-5-7-9-11-13-15-17-19-21-23-25-30-34-40(60-46(52)38-32-28-27-29-33-38)39(48-42(50)35-31-26-24-22-20-18-16-14-12-10-8-6-4-2)37-59-47-45(63-65(56,57)58)44(62-64(53,54)55)43(51)41(36-49)61-47/h27-30,32-34,39-41,43-45,47,49,51H,3-26,31,35-37H2,1-2H3,(H,48,50)(H,53,54,55)(H,56,57,58)/b34-30+/t39-,40+,41+,43-,44-,45+,47+/m0/s1. The second kappa shape index (κ2) is 34.7. The van der Waals surface area contributed by atoms with Crippen LogP contribution in [0, 0.1) is 0 Å². The summed E-state index contributed by atoms with van der Waals surface area (Å²) in [5, 5.41) is 23.5. The molecule has 1 aliphatic heterocycles. The lowest BCUT2D eigenvalue weighted by atomic mass is 9.99. The highest BCUT2D eigenvalue weighted by molar-refractivity contribution is 7.81. The second-order valence-electron chi connectivity index (χ2n) is 17.2. The zero-order chi connectivity index (χ0) is 47.8. The maximum absolute atomic E-state index is 13.6. The van der Waals surface area contributed by atoms with E-state index >= 15 is 0 Å². The van der Waals surface area contributed by atoms with Crippen molar-refractivity contribution in [3.63, 3.8) is 0 Å². The van der Waals surface area contributed by atoms with Crippen LogP contribution < -0.4 is 5.32 Å². The largest absolute Gasteiger partial charge is 0.452 e. The van der Waals surface area contributed by atoms with Gasteiger partial charge in [-0.1, -0.05) is 179 Å². The Hall–Kier alpha value is -2.52. The first kappa shape index (κ1) is 58.6. The number of esters is 1. The molecule has 0 spiro atoms. The van der Waals surface area contributed by atoms with Crippen molar-refractivity contribution in [3.8, 4) is 0 Å². The number of ether oxygens (including phenoxy) is 3. The molecule has 376 valence electrons. The molecule has 1 aromatic rings. The highest BCUT2D eigenvalue weighted by atomic mass is 32.3. The van der Waals surface area contributed by atoms with Gasteiger partial charge in [0.25, 0.3) is 0 Å². The molecule has 0 aromatic heterocycles. The predicted octanol–water partition coefficient (Wildman–Crippen LogP) is 8.91. The molecule has 0 radical (unpaired) electrons. The van der Waals surface area contributed by atoms with Crippen molar-refractivity contribution in [1.82, 2.24) is 5.32 Å². The van der Waals surface area contributed by atoms with Crippen LogP contribution in [0.4, 0.5) is 0 Å². The Morgan fingerprint density at radius 3 is 1.63 bits per heavy atom. The third-order valence-electron chi connectivity index (χ3n) is 11.5. The summed E-state index contributed by atoms with van der Waals surface area (Å²) in [6.45, 7) is 2.88. The molecule has 16 nitrogen and oxygen atoms in total. The van der Waals surface area contributed by atoms with Crippen molar-refractivity contribution in [3.05, 3.63) is 48.0 Å². The maximum atomic E-state index is 13.6. The van der Waals surface area contributed by atoms with E-state index in [2.05, 4.69) is 27.5 Å². The quantitative estimate of drug-likeness (QED) is 0.0179. The lowest BCUT2D eigenvalue weighted by Gasteiger charge is -2.42. The maximum Gasteiger partial charge on any atom is 0.397 e. The average molecular weight is 964 g/mol. The zero-order valence-electron chi connectivity index (χ0n) is 39.0. The first-order valence-electron chi connectivity index (χ1n) is 24.3. The summed E-state index contributed by atoms with van der Waals surface area (Å²) < 4.78 is 93.0. The SMILES string of the molecule is CCCCCCCCCCCCC/C=C/[C@@H](OC(=O)c1ccccc1)[C@H](CO[C@@H]1O[C@H](CO)[C@H](O)[C@H](OS(=O)(=O)O)[C@H]1OS(=O)(=O)O)NC(=O)CCCCCCCCCCCCCCC. The fourth-order valence-corrected chi connectivity index (χ4v) is 8.83. The number of benzene rings is 1. The Balaban J connectivity index is 2.23. The number of carbonyl (C=O) groups excluding carboxylic acids is 2. The van der Waals surface area contributed by atoms with Gasteiger partial charge >= 0.3 is 26.8 Å². The second-order valence-corrected chi connectivity index (χ2v) is 19.3. The fourth-order valence-electron chi connectivity index (χ4n) is 7.85. The van der Waals surface area contributed by atoms with Gasteiger partial charge in [-0.2, -0.15) is 16.8 Å². The van der Waals surface area contributed by atoms with E-state index in [1.165, 1.54) is 96.3 Å². The monoisotopic (exact) mass is 964 g/mol. The molecule has 65 heavy (non-hydrogen) atoms. The van der Waals surface area contributed by atoms with Crippen LogP contribution in [0.2, 0.25) is 0 Å². The molecular formula is C47H81NO15S2. The number of nitrogens with one attached hydrogen (secondary N) is 1. The van der Waals surface area contributed by atoms with Crippen molar-refractivity contribution >= 4 is 32.7 Å². The molecule has 1 amide bonds. The zero-order valence-corrected chi connectivity index (χ0v) is 40.6. The van der Waals surface area contributed by atoms with Gasteiger partial charge in [0.2, 0.25) is 5.91 Å². The Bertz CT molecular complexity index is 1650. The van der Waals surface area contributed by atoms with E-state index < -0.39 is 88.7 Å². The Morgan fingerprint density at radius 1 is 0.692 bits per heavy atom. The van der Waals surface area contributed by atoms with Crippen molar-refractivity contribution in [1.29, 1.82) is 0 Å². The smallest absolute Gasteiger partial charge is 0.397 e. The molecule has 2 rings (SSSR count). The molecule has 7 atom stereocenters. The van der Waals surface area contributed by atoms with E-state index in [9.17, 15) is 45.7 Å². The topological polar surface area (TPSA) is 242 Å². The Morgan fingerprint density at radius 2 is 1.15 bits per heavy atom. The molecule has 1 heterocycles. The number of unbranched alkanes of at least 4 members (excludes halogenated alkanes) is 23. The van der Waals surface area contributed by atoms with Crippen LogP contribution in [0.1, 0.15) is 191 Å². The van der Waals surface area contributed by atoms with Crippen LogP contribution in [0.25, 0.3) is 0 Å². The van der Waals surface area contributed by atoms with E-state index in [1.54, 1.807) is 36.4 Å². The third-order valence-corrected chi connectivity index (χ3v) is 12.4. The summed E-state index contributed by atoms with van der Waals surface area (Å²) in [4.78, 5) is 27.1. The van der Waals surface area contributed by atoms with Gasteiger partial charge in [0.15, 0.2) is 12.4 Å². The molecular weight excluding hydrogens is 883 g/mol. The minimum atomic E-state index is -5.41. The normalized spacial score (nSPS) is 20.2. The molecule has 1 fully saturated rings. The third kappa shape index (κ3) is 27.8. The number of amides is 1. The Labute approximate surface area is 389 Å². The van der Waals surface area contributed by atoms with E-state index in [4.69, 9.17) is 14.2 Å². The minimum Gasteiger partial charge on any atom is -0.452 e.